The van der Waals surface area contributed by atoms with Crippen LogP contribution >= 0.6 is 0 Å². The Morgan fingerprint density at radius 2 is 2.00 bits per heavy atom. The normalized spacial score (nSPS) is 26.8. The molecule has 1 saturated carbocycles. The first-order chi connectivity index (χ1) is 13.1. The van der Waals surface area contributed by atoms with E-state index in [1.807, 2.05) is 12.1 Å². The molecule has 144 valence electrons. The fraction of sp³-hybridized carbons (Fsp3) is 0.500. The number of fused-ring (bicyclic) bond motifs is 1. The Hall–Kier alpha value is -2.43. The van der Waals surface area contributed by atoms with Crippen molar-refractivity contribution in [3.8, 4) is 0 Å². The van der Waals surface area contributed by atoms with Crippen LogP contribution in [-0.4, -0.2) is 29.9 Å². The molecule has 1 aliphatic heterocycles. The number of hydrogen-bond donors (Lipinski definition) is 0. The van der Waals surface area contributed by atoms with E-state index in [-0.39, 0.29) is 41.8 Å². The number of unbranched alkanes of at least 4 members (excludes halogenated alkanes) is 2. The third-order valence-corrected chi connectivity index (χ3v) is 5.35. The van der Waals surface area contributed by atoms with E-state index < -0.39 is 0 Å². The zero-order chi connectivity index (χ0) is 19.2. The minimum Gasteiger partial charge on any atom is -0.462 e. The van der Waals surface area contributed by atoms with E-state index in [0.29, 0.717) is 24.8 Å². The quantitative estimate of drug-likeness (QED) is 0.395. The number of allylic oxidation sites excluding steroid dienone is 1. The first-order valence-corrected chi connectivity index (χ1v) is 9.75. The van der Waals surface area contributed by atoms with Crippen molar-refractivity contribution < 1.29 is 23.9 Å². The van der Waals surface area contributed by atoms with Crippen LogP contribution in [0.25, 0.3) is 0 Å². The summed E-state index contributed by atoms with van der Waals surface area (Å²) in [4.78, 5) is 36.2. The fourth-order valence-electron chi connectivity index (χ4n) is 3.92. The maximum absolute atomic E-state index is 12.4. The minimum absolute atomic E-state index is 0.0363. The Balaban J connectivity index is 1.67. The van der Waals surface area contributed by atoms with E-state index in [4.69, 9.17) is 9.47 Å². The number of esters is 2. The second-order valence-corrected chi connectivity index (χ2v) is 7.30. The summed E-state index contributed by atoms with van der Waals surface area (Å²) in [7, 11) is 0. The highest BCUT2D eigenvalue weighted by molar-refractivity contribution is 5.90. The van der Waals surface area contributed by atoms with Gasteiger partial charge in [0, 0.05) is 24.7 Å². The van der Waals surface area contributed by atoms with Crippen LogP contribution in [0.15, 0.2) is 42.5 Å². The van der Waals surface area contributed by atoms with Crippen molar-refractivity contribution in [2.24, 2.45) is 11.8 Å². The summed E-state index contributed by atoms with van der Waals surface area (Å²) in [5.41, 5.74) is 0.491. The van der Waals surface area contributed by atoms with E-state index >= 15 is 0 Å². The van der Waals surface area contributed by atoms with Gasteiger partial charge in [-0.25, -0.2) is 4.79 Å². The molecular weight excluding hydrogens is 344 g/mol. The van der Waals surface area contributed by atoms with E-state index in [1.165, 1.54) is 0 Å². The number of ether oxygens (including phenoxy) is 2. The van der Waals surface area contributed by atoms with Crippen LogP contribution in [0.3, 0.4) is 0 Å². The molecule has 0 N–H and O–H groups in total. The summed E-state index contributed by atoms with van der Waals surface area (Å²) in [6.45, 7) is 2.10. The van der Waals surface area contributed by atoms with Gasteiger partial charge in [-0.1, -0.05) is 44.0 Å². The minimum atomic E-state index is -0.389. The van der Waals surface area contributed by atoms with Crippen LogP contribution in [0.2, 0.25) is 0 Å². The fourth-order valence-corrected chi connectivity index (χ4v) is 3.92. The molecule has 2 fully saturated rings. The van der Waals surface area contributed by atoms with Gasteiger partial charge in [0.2, 0.25) is 0 Å². The van der Waals surface area contributed by atoms with E-state index in [1.54, 1.807) is 30.3 Å². The van der Waals surface area contributed by atoms with Crippen LogP contribution in [0, 0.1) is 11.8 Å². The van der Waals surface area contributed by atoms with Crippen molar-refractivity contribution in [2.75, 3.05) is 0 Å². The Morgan fingerprint density at radius 3 is 2.74 bits per heavy atom. The first kappa shape index (κ1) is 19.3. The van der Waals surface area contributed by atoms with Gasteiger partial charge in [-0.05, 0) is 24.6 Å². The van der Waals surface area contributed by atoms with Crippen LogP contribution in [-0.2, 0) is 19.1 Å². The largest absolute Gasteiger partial charge is 0.462 e. The van der Waals surface area contributed by atoms with Gasteiger partial charge < -0.3 is 9.47 Å². The summed E-state index contributed by atoms with van der Waals surface area (Å²) in [5, 5.41) is 0. The number of benzene rings is 1. The standard InChI is InChI=1S/C22H26O5/c1-2-3-5-10-16(23)11-12-17-18-13-21(24)26-20(18)14-19(17)27-22(25)15-8-6-4-7-9-15/h4,6-9,11-12,17-20H,2-3,5,10,13-14H2,1H3/b12-11+/t17-,18-,19-,20-/m1/s1. The number of hydrogen-bond acceptors (Lipinski definition) is 5. The van der Waals surface area contributed by atoms with Crippen LogP contribution in [0.5, 0.6) is 0 Å². The van der Waals surface area contributed by atoms with E-state index in [9.17, 15) is 14.4 Å². The van der Waals surface area contributed by atoms with Crippen LogP contribution < -0.4 is 0 Å². The van der Waals surface area contributed by atoms with Crippen LogP contribution in [0.1, 0.15) is 55.8 Å². The summed E-state index contributed by atoms with van der Waals surface area (Å²) in [6, 6.07) is 8.83. The lowest BCUT2D eigenvalue weighted by Gasteiger charge is -2.20. The molecule has 5 nitrogen and oxygen atoms in total. The smallest absolute Gasteiger partial charge is 0.338 e. The molecule has 5 heteroatoms. The zero-order valence-corrected chi connectivity index (χ0v) is 15.6. The Kier molecular flexibility index (Phi) is 6.43. The molecule has 0 radical (unpaired) electrons. The SMILES string of the molecule is CCCCCC(=O)/C=C/[C@@H]1[C@H]2CC(=O)O[C@@H]2C[C@H]1OC(=O)c1ccccc1. The number of carbonyl (C=O) groups is 3. The molecule has 1 aromatic carbocycles. The molecule has 0 bridgehead atoms. The summed E-state index contributed by atoms with van der Waals surface area (Å²) < 4.78 is 11.1. The monoisotopic (exact) mass is 370 g/mol. The van der Waals surface area contributed by atoms with Crippen molar-refractivity contribution in [1.82, 2.24) is 0 Å². The first-order valence-electron chi connectivity index (χ1n) is 9.75. The molecule has 1 aliphatic carbocycles. The molecule has 2 aliphatic rings. The van der Waals surface area contributed by atoms with Gasteiger partial charge in [0.05, 0.1) is 12.0 Å². The lowest BCUT2D eigenvalue weighted by atomic mass is 9.91. The molecule has 0 aromatic heterocycles. The zero-order valence-electron chi connectivity index (χ0n) is 15.6. The summed E-state index contributed by atoms with van der Waals surface area (Å²) in [6.07, 6.45) is 7.08. The van der Waals surface area contributed by atoms with Crippen molar-refractivity contribution in [1.29, 1.82) is 0 Å². The number of ketones is 1. The van der Waals surface area contributed by atoms with Crippen molar-refractivity contribution >= 4 is 17.7 Å². The third-order valence-electron chi connectivity index (χ3n) is 5.35. The van der Waals surface area contributed by atoms with Crippen molar-refractivity contribution in [3.05, 3.63) is 48.0 Å². The molecule has 1 saturated heterocycles. The topological polar surface area (TPSA) is 69.7 Å². The lowest BCUT2D eigenvalue weighted by molar-refractivity contribution is -0.141. The maximum Gasteiger partial charge on any atom is 0.338 e. The molecule has 3 rings (SSSR count). The van der Waals surface area contributed by atoms with E-state index in [0.717, 1.165) is 19.3 Å². The molecule has 1 heterocycles. The van der Waals surface area contributed by atoms with Gasteiger partial charge in [0.1, 0.15) is 12.2 Å². The van der Waals surface area contributed by atoms with Gasteiger partial charge in [0.25, 0.3) is 0 Å². The summed E-state index contributed by atoms with van der Waals surface area (Å²) >= 11 is 0. The molecule has 4 atom stereocenters. The Morgan fingerprint density at radius 1 is 1.22 bits per heavy atom. The average molecular weight is 370 g/mol. The Bertz CT molecular complexity index is 709. The highest BCUT2D eigenvalue weighted by atomic mass is 16.6. The Labute approximate surface area is 159 Å². The van der Waals surface area contributed by atoms with Gasteiger partial charge >= 0.3 is 11.9 Å². The molecule has 0 spiro atoms. The molecule has 0 amide bonds. The second kappa shape index (κ2) is 8.98. The predicted octanol–water partition coefficient (Wildman–Crippen LogP) is 3.87. The molecule has 27 heavy (non-hydrogen) atoms. The predicted molar refractivity (Wildman–Crippen MR) is 100 cm³/mol. The van der Waals surface area contributed by atoms with Crippen molar-refractivity contribution in [3.63, 3.8) is 0 Å². The highest BCUT2D eigenvalue weighted by Crippen LogP contribution is 2.43. The van der Waals surface area contributed by atoms with Gasteiger partial charge in [-0.15, -0.1) is 0 Å². The average Bonchev–Trinajstić information content (AvgIpc) is 3.16. The van der Waals surface area contributed by atoms with Crippen LogP contribution in [0.4, 0.5) is 0 Å². The maximum atomic E-state index is 12.4. The van der Waals surface area contributed by atoms with Gasteiger partial charge in [-0.3, -0.25) is 9.59 Å². The van der Waals surface area contributed by atoms with E-state index in [2.05, 4.69) is 6.92 Å². The van der Waals surface area contributed by atoms with Crippen molar-refractivity contribution in [2.45, 2.75) is 57.7 Å². The lowest BCUT2D eigenvalue weighted by Crippen LogP contribution is -2.24. The van der Waals surface area contributed by atoms with Gasteiger partial charge in [-0.2, -0.15) is 0 Å². The third kappa shape index (κ3) is 4.85. The number of rotatable bonds is 8. The molecule has 0 unspecified atom stereocenters. The van der Waals surface area contributed by atoms with Gasteiger partial charge in [0.15, 0.2) is 5.78 Å². The molecular formula is C22H26O5. The second-order valence-electron chi connectivity index (χ2n) is 7.30. The summed E-state index contributed by atoms with van der Waals surface area (Å²) in [5.74, 6) is -0.745. The number of carbonyl (C=O) groups excluding carboxylic acids is 3. The molecule has 1 aromatic rings. The highest BCUT2D eigenvalue weighted by Gasteiger charge is 2.50.